The Hall–Kier alpha value is -1.30. The molecule has 0 saturated carbocycles. The number of likely N-dealkylation sites (tertiary alicyclic amines) is 1. The lowest BCUT2D eigenvalue weighted by Gasteiger charge is -2.33. The number of ether oxygens (including phenoxy) is 1. The first-order valence-electron chi connectivity index (χ1n) is 7.91. The van der Waals surface area contributed by atoms with Gasteiger partial charge in [-0.3, -0.25) is 0 Å². The monoisotopic (exact) mass is 386 g/mol. The SMILES string of the molecule is CC(C)(C)OC(=O)N1CCC(CNc2cc(F)ccc2Br)CC1. The molecule has 0 unspecified atom stereocenters. The maximum atomic E-state index is 13.3. The Morgan fingerprint density at radius 2 is 2.04 bits per heavy atom. The molecule has 1 saturated heterocycles. The van der Waals surface area contributed by atoms with E-state index >= 15 is 0 Å². The fraction of sp³-hybridized carbons (Fsp3) is 0.588. The molecule has 6 heteroatoms. The summed E-state index contributed by atoms with van der Waals surface area (Å²) in [5.41, 5.74) is 0.304. The van der Waals surface area contributed by atoms with Gasteiger partial charge in [0.15, 0.2) is 0 Å². The Morgan fingerprint density at radius 3 is 2.65 bits per heavy atom. The third kappa shape index (κ3) is 5.68. The lowest BCUT2D eigenvalue weighted by Crippen LogP contribution is -2.42. The van der Waals surface area contributed by atoms with E-state index in [2.05, 4.69) is 21.2 Å². The normalized spacial score (nSPS) is 16.3. The zero-order chi connectivity index (χ0) is 17.0. The first-order valence-corrected chi connectivity index (χ1v) is 8.71. The molecule has 1 aliphatic heterocycles. The summed E-state index contributed by atoms with van der Waals surface area (Å²) in [6, 6.07) is 4.61. The number of piperidine rings is 1. The van der Waals surface area contributed by atoms with Crippen LogP contribution in [0.25, 0.3) is 0 Å². The first kappa shape index (κ1) is 18.0. The molecule has 4 nitrogen and oxygen atoms in total. The van der Waals surface area contributed by atoms with Gasteiger partial charge in [-0.15, -0.1) is 0 Å². The van der Waals surface area contributed by atoms with Gasteiger partial charge in [-0.2, -0.15) is 0 Å². The first-order chi connectivity index (χ1) is 10.7. The van der Waals surface area contributed by atoms with Crippen LogP contribution in [-0.2, 0) is 4.74 Å². The molecule has 1 fully saturated rings. The maximum absolute atomic E-state index is 13.3. The van der Waals surface area contributed by atoms with Gasteiger partial charge in [0.1, 0.15) is 11.4 Å². The van der Waals surface area contributed by atoms with Gasteiger partial charge in [0, 0.05) is 24.1 Å². The van der Waals surface area contributed by atoms with Crippen LogP contribution in [0.4, 0.5) is 14.9 Å². The van der Waals surface area contributed by atoms with Crippen LogP contribution in [0.2, 0.25) is 0 Å². The number of carbonyl (C=O) groups excluding carboxylic acids is 1. The lowest BCUT2D eigenvalue weighted by atomic mass is 9.97. The average molecular weight is 387 g/mol. The smallest absolute Gasteiger partial charge is 0.410 e. The highest BCUT2D eigenvalue weighted by atomic mass is 79.9. The highest BCUT2D eigenvalue weighted by Crippen LogP contribution is 2.25. The molecule has 128 valence electrons. The molecule has 1 N–H and O–H groups in total. The van der Waals surface area contributed by atoms with E-state index in [9.17, 15) is 9.18 Å². The predicted octanol–water partition coefficient (Wildman–Crippen LogP) is 4.65. The van der Waals surface area contributed by atoms with Crippen molar-refractivity contribution in [1.29, 1.82) is 0 Å². The van der Waals surface area contributed by atoms with Crippen LogP contribution in [0.15, 0.2) is 22.7 Å². The van der Waals surface area contributed by atoms with Crippen molar-refractivity contribution in [2.75, 3.05) is 25.0 Å². The topological polar surface area (TPSA) is 41.6 Å². The molecule has 23 heavy (non-hydrogen) atoms. The van der Waals surface area contributed by atoms with Crippen molar-refractivity contribution in [3.05, 3.63) is 28.5 Å². The number of anilines is 1. The van der Waals surface area contributed by atoms with Crippen molar-refractivity contribution in [3.8, 4) is 0 Å². The molecule has 1 aliphatic rings. The zero-order valence-electron chi connectivity index (χ0n) is 13.9. The average Bonchev–Trinajstić information content (AvgIpc) is 2.47. The second-order valence-electron chi connectivity index (χ2n) is 6.92. The number of halogens is 2. The predicted molar refractivity (Wildman–Crippen MR) is 93.1 cm³/mol. The van der Waals surface area contributed by atoms with Crippen LogP contribution < -0.4 is 5.32 Å². The van der Waals surface area contributed by atoms with Crippen LogP contribution >= 0.6 is 15.9 Å². The van der Waals surface area contributed by atoms with Crippen molar-refractivity contribution in [1.82, 2.24) is 4.90 Å². The molecule has 1 aromatic rings. The highest BCUT2D eigenvalue weighted by molar-refractivity contribution is 9.10. The zero-order valence-corrected chi connectivity index (χ0v) is 15.5. The molecule has 0 atom stereocenters. The van der Waals surface area contributed by atoms with E-state index in [-0.39, 0.29) is 11.9 Å². The Labute approximate surface area is 145 Å². The van der Waals surface area contributed by atoms with E-state index < -0.39 is 5.60 Å². The lowest BCUT2D eigenvalue weighted by molar-refractivity contribution is 0.0188. The number of hydrogen-bond donors (Lipinski definition) is 1. The van der Waals surface area contributed by atoms with Gasteiger partial charge < -0.3 is 15.0 Å². The van der Waals surface area contributed by atoms with Crippen LogP contribution in [-0.4, -0.2) is 36.2 Å². The Bertz CT molecular complexity index is 552. The van der Waals surface area contributed by atoms with Crippen molar-refractivity contribution in [3.63, 3.8) is 0 Å². The molecule has 0 bridgehead atoms. The van der Waals surface area contributed by atoms with Crippen molar-refractivity contribution < 1.29 is 13.9 Å². The minimum Gasteiger partial charge on any atom is -0.444 e. The summed E-state index contributed by atoms with van der Waals surface area (Å²) in [5.74, 6) is 0.208. The van der Waals surface area contributed by atoms with Gasteiger partial charge in [-0.05, 0) is 73.7 Å². The molecule has 0 radical (unpaired) electrons. The van der Waals surface area contributed by atoms with Gasteiger partial charge in [0.25, 0.3) is 0 Å². The van der Waals surface area contributed by atoms with E-state index in [1.807, 2.05) is 20.8 Å². The number of rotatable bonds is 3. The van der Waals surface area contributed by atoms with Crippen LogP contribution in [0.5, 0.6) is 0 Å². The summed E-state index contributed by atoms with van der Waals surface area (Å²) in [6.45, 7) is 7.79. The van der Waals surface area contributed by atoms with Gasteiger partial charge >= 0.3 is 6.09 Å². The van der Waals surface area contributed by atoms with Gasteiger partial charge in [0.05, 0.1) is 5.69 Å². The second kappa shape index (κ2) is 7.51. The number of nitrogens with zero attached hydrogens (tertiary/aromatic N) is 1. The molecular weight excluding hydrogens is 363 g/mol. The van der Waals surface area contributed by atoms with Gasteiger partial charge in [0.2, 0.25) is 0 Å². The maximum Gasteiger partial charge on any atom is 0.410 e. The third-order valence-corrected chi connectivity index (χ3v) is 4.47. The number of amides is 1. The highest BCUT2D eigenvalue weighted by Gasteiger charge is 2.26. The molecular formula is C17H24BrFN2O2. The molecule has 0 aromatic heterocycles. The van der Waals surface area contributed by atoms with E-state index in [0.717, 1.165) is 29.5 Å². The Kier molecular flexibility index (Phi) is 5.89. The standard InChI is InChI=1S/C17H24BrFN2O2/c1-17(2,3)23-16(22)21-8-6-12(7-9-21)11-20-15-10-13(19)4-5-14(15)18/h4-5,10,12,20H,6-9,11H2,1-3H3. The van der Waals surface area contributed by atoms with E-state index in [1.165, 1.54) is 12.1 Å². The number of hydrogen-bond acceptors (Lipinski definition) is 3. The van der Waals surface area contributed by atoms with Crippen molar-refractivity contribution in [2.24, 2.45) is 5.92 Å². The third-order valence-electron chi connectivity index (χ3n) is 3.78. The van der Waals surface area contributed by atoms with Crippen LogP contribution in [0.1, 0.15) is 33.6 Å². The van der Waals surface area contributed by atoms with Crippen molar-refractivity contribution >= 4 is 27.7 Å². The molecule has 0 spiro atoms. The minimum absolute atomic E-state index is 0.239. The van der Waals surface area contributed by atoms with E-state index in [0.29, 0.717) is 19.0 Å². The molecule has 1 aromatic carbocycles. The molecule has 1 amide bonds. The Balaban J connectivity index is 1.79. The number of benzene rings is 1. The Morgan fingerprint density at radius 1 is 1.39 bits per heavy atom. The quantitative estimate of drug-likeness (QED) is 0.821. The summed E-state index contributed by atoms with van der Waals surface area (Å²) in [4.78, 5) is 13.8. The van der Waals surface area contributed by atoms with Gasteiger partial charge in [-0.25, -0.2) is 9.18 Å². The molecule has 1 heterocycles. The van der Waals surface area contributed by atoms with Crippen molar-refractivity contribution in [2.45, 2.75) is 39.2 Å². The van der Waals surface area contributed by atoms with E-state index in [4.69, 9.17) is 4.74 Å². The summed E-state index contributed by atoms with van der Waals surface area (Å²) >= 11 is 3.41. The summed E-state index contributed by atoms with van der Waals surface area (Å²) < 4.78 is 19.5. The summed E-state index contributed by atoms with van der Waals surface area (Å²) in [5, 5.41) is 3.28. The minimum atomic E-state index is -0.459. The molecule has 2 rings (SSSR count). The summed E-state index contributed by atoms with van der Waals surface area (Å²) in [7, 11) is 0. The largest absolute Gasteiger partial charge is 0.444 e. The number of nitrogens with one attached hydrogen (secondary N) is 1. The second-order valence-corrected chi connectivity index (χ2v) is 7.77. The number of carbonyl (C=O) groups is 1. The van der Waals surface area contributed by atoms with Gasteiger partial charge in [-0.1, -0.05) is 0 Å². The van der Waals surface area contributed by atoms with Crippen LogP contribution in [0.3, 0.4) is 0 Å². The summed E-state index contributed by atoms with van der Waals surface area (Å²) in [6.07, 6.45) is 1.59. The fourth-order valence-electron chi connectivity index (χ4n) is 2.53. The fourth-order valence-corrected chi connectivity index (χ4v) is 2.92. The van der Waals surface area contributed by atoms with E-state index in [1.54, 1.807) is 11.0 Å². The molecule has 0 aliphatic carbocycles. The van der Waals surface area contributed by atoms with Crippen LogP contribution in [0, 0.1) is 11.7 Å².